The first kappa shape index (κ1) is 29.1. The monoisotopic (exact) mass is 594 g/mol. The smallest absolute Gasteiger partial charge is 0.744 e. The van der Waals surface area contributed by atoms with Crippen LogP contribution < -0.4 is 51.4 Å². The minimum absolute atomic E-state index is 0. The molecule has 0 spiro atoms. The van der Waals surface area contributed by atoms with E-state index >= 15 is 0 Å². The number of ether oxygens (including phenoxy) is 2. The van der Waals surface area contributed by atoms with Crippen molar-refractivity contribution < 1.29 is 106 Å². The Morgan fingerprint density at radius 3 is 1.31 bits per heavy atom. The molecule has 0 atom stereocenters. The summed E-state index contributed by atoms with van der Waals surface area (Å²) in [4.78, 5) is 45.5. The van der Waals surface area contributed by atoms with Gasteiger partial charge in [-0.15, -0.1) is 0 Å². The summed E-state index contributed by atoms with van der Waals surface area (Å²) >= 11 is 0. The summed E-state index contributed by atoms with van der Waals surface area (Å²) in [5, 5.41) is 0.483. The molecule has 4 aromatic carbocycles. The van der Waals surface area contributed by atoms with Gasteiger partial charge in [0.1, 0.15) is 15.0 Å². The normalized spacial score (nSPS) is 14.2. The van der Waals surface area contributed by atoms with E-state index in [2.05, 4.69) is 9.47 Å². The average molecular weight is 595 g/mol. The topological polar surface area (TPSA) is 198 Å². The van der Waals surface area contributed by atoms with E-state index in [4.69, 9.17) is 4.55 Å². The molecule has 15 heteroatoms. The summed E-state index contributed by atoms with van der Waals surface area (Å²) in [6.45, 7) is 0. The molecule has 2 aliphatic rings. The molecule has 4 aromatic rings. The Kier molecular flexibility index (Phi) is 7.67. The van der Waals surface area contributed by atoms with Gasteiger partial charge in [-0.3, -0.25) is 4.55 Å². The minimum atomic E-state index is -4.70. The van der Waals surface area contributed by atoms with E-state index in [-0.39, 0.29) is 100 Å². The van der Waals surface area contributed by atoms with Crippen molar-refractivity contribution in [2.24, 2.45) is 0 Å². The van der Waals surface area contributed by atoms with Gasteiger partial charge >= 0.3 is 75.3 Å². The predicted molar refractivity (Wildman–Crippen MR) is 125 cm³/mol. The van der Waals surface area contributed by atoms with Crippen molar-refractivity contribution in [3.05, 3.63) is 82.9 Å². The zero-order chi connectivity index (χ0) is 27.6. The molecular weight excluding hydrogens is 583 g/mol. The van der Waals surface area contributed by atoms with E-state index in [0.29, 0.717) is 0 Å². The second-order valence-electron chi connectivity index (χ2n) is 7.96. The Labute approximate surface area is 261 Å². The van der Waals surface area contributed by atoms with E-state index in [1.807, 2.05) is 0 Å². The van der Waals surface area contributed by atoms with Gasteiger partial charge in [-0.2, -0.15) is 8.42 Å². The van der Waals surface area contributed by atoms with Crippen LogP contribution in [0.4, 0.5) is 0 Å². The number of rotatable bonds is 2. The minimum Gasteiger partial charge on any atom is -0.744 e. The SMILES string of the molecule is O=C1OC(=O)c2ccc(S(=O)(=O)O)c3cccc1c23.O=C1OC(=O)c2ccc(S(=O)(=O)[O-])c3cccc1c23.[K+]. The van der Waals surface area contributed by atoms with Gasteiger partial charge in [0.15, 0.2) is 0 Å². The van der Waals surface area contributed by atoms with Crippen LogP contribution in [0.3, 0.4) is 0 Å². The number of carbonyl (C=O) groups is 4. The summed E-state index contributed by atoms with van der Waals surface area (Å²) in [6, 6.07) is 13.0. The first-order chi connectivity index (χ1) is 17.8. The molecule has 0 fully saturated rings. The van der Waals surface area contributed by atoms with E-state index < -0.39 is 49.0 Å². The number of esters is 4. The number of carbonyl (C=O) groups excluding carboxylic acids is 4. The molecule has 2 heterocycles. The average Bonchev–Trinajstić information content (AvgIpc) is 2.84. The van der Waals surface area contributed by atoms with E-state index in [1.54, 1.807) is 0 Å². The van der Waals surface area contributed by atoms with Gasteiger partial charge in [0.05, 0.1) is 27.1 Å². The van der Waals surface area contributed by atoms with Crippen LogP contribution in [0.2, 0.25) is 0 Å². The largest absolute Gasteiger partial charge is 1.00 e. The van der Waals surface area contributed by atoms with E-state index in [9.17, 15) is 40.6 Å². The fourth-order valence-corrected chi connectivity index (χ4v) is 5.63. The number of hydrogen-bond acceptors (Lipinski definition) is 11. The molecule has 0 saturated heterocycles. The maximum absolute atomic E-state index is 11.6. The van der Waals surface area contributed by atoms with Crippen LogP contribution in [0.25, 0.3) is 21.5 Å². The van der Waals surface area contributed by atoms with Crippen molar-refractivity contribution >= 4 is 65.7 Å². The van der Waals surface area contributed by atoms with Crippen molar-refractivity contribution in [3.63, 3.8) is 0 Å². The Hall–Kier alpha value is -2.86. The van der Waals surface area contributed by atoms with Crippen molar-refractivity contribution in [3.8, 4) is 0 Å². The van der Waals surface area contributed by atoms with Crippen LogP contribution in [0, 0.1) is 0 Å². The first-order valence-electron chi connectivity index (χ1n) is 10.4. The fourth-order valence-electron chi connectivity index (χ4n) is 4.27. The summed E-state index contributed by atoms with van der Waals surface area (Å²) in [7, 11) is -9.14. The van der Waals surface area contributed by atoms with E-state index in [0.717, 1.165) is 12.1 Å². The summed E-state index contributed by atoms with van der Waals surface area (Å²) < 4.78 is 74.4. The first-order valence-corrected chi connectivity index (χ1v) is 13.2. The molecule has 0 aromatic heterocycles. The third-order valence-corrected chi connectivity index (χ3v) is 7.61. The standard InChI is InChI=1S/2C12H6O6S.K/c2*13-11-7-3-1-2-6-9(19(15,16)17)5-4-8(10(6)7)12(14)18-11;/h2*1-5H,(H,15,16,17);/q;;+1/p-1. The molecular formula is C24H11KO12S2. The van der Waals surface area contributed by atoms with Gasteiger partial charge in [0, 0.05) is 21.5 Å². The Morgan fingerprint density at radius 1 is 0.564 bits per heavy atom. The maximum atomic E-state index is 11.6. The molecule has 6 rings (SSSR count). The van der Waals surface area contributed by atoms with Crippen LogP contribution >= 0.6 is 0 Å². The van der Waals surface area contributed by atoms with Gasteiger partial charge in [-0.1, -0.05) is 24.3 Å². The predicted octanol–water partition coefficient (Wildman–Crippen LogP) is -0.544. The second-order valence-corrected chi connectivity index (χ2v) is 10.7. The molecule has 0 radical (unpaired) electrons. The molecule has 2 aliphatic heterocycles. The molecule has 0 saturated carbocycles. The number of hydrogen-bond donors (Lipinski definition) is 1. The van der Waals surface area contributed by atoms with E-state index in [1.165, 1.54) is 48.5 Å². The maximum Gasteiger partial charge on any atom is 1.00 e. The third-order valence-electron chi connectivity index (χ3n) is 5.80. The fraction of sp³-hybridized carbons (Fsp3) is 0. The van der Waals surface area contributed by atoms with Crippen LogP contribution in [0.1, 0.15) is 41.4 Å². The molecule has 0 aliphatic carbocycles. The zero-order valence-electron chi connectivity index (χ0n) is 19.5. The number of benzene rings is 4. The van der Waals surface area contributed by atoms with Gasteiger partial charge < -0.3 is 14.0 Å². The number of cyclic esters (lactones) is 4. The van der Waals surface area contributed by atoms with Crippen LogP contribution in [0.15, 0.2) is 70.5 Å². The van der Waals surface area contributed by atoms with Gasteiger partial charge in [0.2, 0.25) is 0 Å². The van der Waals surface area contributed by atoms with Crippen LogP contribution in [-0.4, -0.2) is 49.8 Å². The van der Waals surface area contributed by atoms with Crippen molar-refractivity contribution in [1.82, 2.24) is 0 Å². The van der Waals surface area contributed by atoms with Crippen molar-refractivity contribution in [2.45, 2.75) is 9.79 Å². The molecule has 0 amide bonds. The molecule has 39 heavy (non-hydrogen) atoms. The Morgan fingerprint density at radius 2 is 0.923 bits per heavy atom. The van der Waals surface area contributed by atoms with Crippen LogP contribution in [0.5, 0.6) is 0 Å². The molecule has 12 nitrogen and oxygen atoms in total. The quantitative estimate of drug-likeness (QED) is 0.135. The second kappa shape index (κ2) is 10.3. The van der Waals surface area contributed by atoms with Crippen LogP contribution in [-0.2, 0) is 29.7 Å². The molecule has 0 unspecified atom stereocenters. The van der Waals surface area contributed by atoms with Gasteiger partial charge in [-0.05, 0) is 36.4 Å². The summed E-state index contributed by atoms with van der Waals surface area (Å²) in [6.07, 6.45) is 0. The third kappa shape index (κ3) is 5.08. The molecule has 192 valence electrons. The van der Waals surface area contributed by atoms with Gasteiger partial charge in [0.25, 0.3) is 10.1 Å². The molecule has 1 N–H and O–H groups in total. The molecule has 0 bridgehead atoms. The Bertz CT molecular complexity index is 1810. The van der Waals surface area contributed by atoms with Crippen molar-refractivity contribution in [2.75, 3.05) is 0 Å². The zero-order valence-corrected chi connectivity index (χ0v) is 24.3. The summed E-state index contributed by atoms with van der Waals surface area (Å²) in [5.41, 5.74) is 0.324. The van der Waals surface area contributed by atoms with Crippen molar-refractivity contribution in [1.29, 1.82) is 0 Å². The summed E-state index contributed by atoms with van der Waals surface area (Å²) in [5.74, 6) is -3.39. The van der Waals surface area contributed by atoms with Gasteiger partial charge in [-0.25, -0.2) is 27.6 Å². The Balaban J connectivity index is 0.000000176.